The van der Waals surface area contributed by atoms with Crippen molar-refractivity contribution in [2.75, 3.05) is 7.11 Å². The normalized spacial score (nSPS) is 24.6. The summed E-state index contributed by atoms with van der Waals surface area (Å²) >= 11 is 0. The molecule has 1 aromatic heterocycles. The van der Waals surface area contributed by atoms with E-state index in [1.54, 1.807) is 0 Å². The van der Waals surface area contributed by atoms with Gasteiger partial charge in [0.05, 0.1) is 18.7 Å². The van der Waals surface area contributed by atoms with Crippen molar-refractivity contribution < 1.29 is 14.1 Å². The van der Waals surface area contributed by atoms with Crippen molar-refractivity contribution in [1.29, 1.82) is 0 Å². The third-order valence-corrected chi connectivity index (χ3v) is 3.84. The van der Waals surface area contributed by atoms with Crippen molar-refractivity contribution >= 4 is 5.97 Å². The molecular weight excluding hydrogens is 218 g/mol. The molecule has 0 atom stereocenters. The number of rotatable bonds is 2. The van der Waals surface area contributed by atoms with E-state index in [1.807, 2.05) is 13.8 Å². The number of aryl methyl sites for hydroxylation is 1. The van der Waals surface area contributed by atoms with Crippen LogP contribution in [0.3, 0.4) is 0 Å². The van der Waals surface area contributed by atoms with Crippen LogP contribution in [0.4, 0.5) is 0 Å². The lowest BCUT2D eigenvalue weighted by molar-refractivity contribution is -0.146. The largest absolute Gasteiger partial charge is 0.469 e. The second-order valence-corrected chi connectivity index (χ2v) is 4.82. The zero-order chi connectivity index (χ0) is 12.4. The van der Waals surface area contributed by atoms with Gasteiger partial charge in [0.1, 0.15) is 5.76 Å². The van der Waals surface area contributed by atoms with Crippen molar-refractivity contribution in [2.24, 2.45) is 5.92 Å². The molecule has 4 heteroatoms. The lowest BCUT2D eigenvalue weighted by atomic mass is 9.79. The Kier molecular flexibility index (Phi) is 3.50. The highest BCUT2D eigenvalue weighted by Crippen LogP contribution is 2.37. The second kappa shape index (κ2) is 4.90. The van der Waals surface area contributed by atoms with E-state index in [2.05, 4.69) is 5.16 Å². The summed E-state index contributed by atoms with van der Waals surface area (Å²) in [5.74, 6) is 1.34. The highest BCUT2D eigenvalue weighted by Gasteiger charge is 2.30. The first-order valence-corrected chi connectivity index (χ1v) is 6.14. The number of esters is 1. The number of hydrogen-bond donors (Lipinski definition) is 0. The predicted octanol–water partition coefficient (Wildman–Crippen LogP) is 2.74. The van der Waals surface area contributed by atoms with Gasteiger partial charge in [0.15, 0.2) is 0 Å². The monoisotopic (exact) mass is 237 g/mol. The maximum absolute atomic E-state index is 11.4. The smallest absolute Gasteiger partial charge is 0.308 e. The highest BCUT2D eigenvalue weighted by molar-refractivity contribution is 5.72. The average molecular weight is 237 g/mol. The summed E-state index contributed by atoms with van der Waals surface area (Å²) in [5.41, 5.74) is 2.23. The Morgan fingerprint density at radius 1 is 1.29 bits per heavy atom. The first kappa shape index (κ1) is 12.1. The molecule has 1 aromatic rings. The molecule has 0 amide bonds. The van der Waals surface area contributed by atoms with E-state index < -0.39 is 0 Å². The van der Waals surface area contributed by atoms with Gasteiger partial charge in [-0.05, 0) is 39.5 Å². The van der Waals surface area contributed by atoms with Crippen LogP contribution in [-0.2, 0) is 9.53 Å². The van der Waals surface area contributed by atoms with Crippen LogP contribution in [0.15, 0.2) is 4.52 Å². The number of nitrogens with zero attached hydrogens (tertiary/aromatic N) is 1. The van der Waals surface area contributed by atoms with Gasteiger partial charge in [-0.3, -0.25) is 4.79 Å². The maximum atomic E-state index is 11.4. The van der Waals surface area contributed by atoms with Crippen LogP contribution >= 0.6 is 0 Å². The van der Waals surface area contributed by atoms with E-state index in [9.17, 15) is 4.79 Å². The van der Waals surface area contributed by atoms with Crippen LogP contribution in [0.2, 0.25) is 0 Å². The van der Waals surface area contributed by atoms with Crippen molar-refractivity contribution in [1.82, 2.24) is 5.16 Å². The molecule has 0 aromatic carbocycles. The molecule has 0 aliphatic heterocycles. The Labute approximate surface area is 101 Å². The molecule has 1 heterocycles. The van der Waals surface area contributed by atoms with Crippen molar-refractivity contribution in [3.05, 3.63) is 17.0 Å². The number of ether oxygens (including phenoxy) is 1. The highest BCUT2D eigenvalue weighted by atomic mass is 16.5. The van der Waals surface area contributed by atoms with E-state index in [0.29, 0.717) is 5.92 Å². The van der Waals surface area contributed by atoms with Crippen molar-refractivity contribution in [3.63, 3.8) is 0 Å². The van der Waals surface area contributed by atoms with Crippen molar-refractivity contribution in [2.45, 2.75) is 45.4 Å². The number of methoxy groups -OCH3 is 1. The average Bonchev–Trinajstić information content (AvgIpc) is 2.69. The Hall–Kier alpha value is -1.32. The summed E-state index contributed by atoms with van der Waals surface area (Å²) in [5, 5.41) is 4.14. The zero-order valence-electron chi connectivity index (χ0n) is 10.7. The summed E-state index contributed by atoms with van der Waals surface area (Å²) in [6.07, 6.45) is 3.77. The van der Waals surface area contributed by atoms with E-state index in [-0.39, 0.29) is 11.9 Å². The molecule has 1 saturated carbocycles. The molecule has 1 fully saturated rings. The quantitative estimate of drug-likeness (QED) is 0.742. The third-order valence-electron chi connectivity index (χ3n) is 3.84. The Bertz CT molecular complexity index is 403. The van der Waals surface area contributed by atoms with Gasteiger partial charge in [-0.25, -0.2) is 0 Å². The first-order valence-electron chi connectivity index (χ1n) is 6.14. The van der Waals surface area contributed by atoms with Gasteiger partial charge in [-0.1, -0.05) is 5.16 Å². The van der Waals surface area contributed by atoms with Gasteiger partial charge in [-0.15, -0.1) is 0 Å². The Balaban J connectivity index is 2.00. The number of carbonyl (C=O) groups is 1. The van der Waals surface area contributed by atoms with Crippen LogP contribution in [0.25, 0.3) is 0 Å². The van der Waals surface area contributed by atoms with Gasteiger partial charge in [0, 0.05) is 11.5 Å². The lowest BCUT2D eigenvalue weighted by Gasteiger charge is -2.25. The van der Waals surface area contributed by atoms with E-state index in [1.165, 1.54) is 7.11 Å². The fourth-order valence-corrected chi connectivity index (χ4v) is 2.58. The molecule has 0 spiro atoms. The minimum atomic E-state index is -0.0727. The lowest BCUT2D eigenvalue weighted by Crippen LogP contribution is -2.22. The topological polar surface area (TPSA) is 52.3 Å². The minimum Gasteiger partial charge on any atom is -0.469 e. The standard InChI is InChI=1S/C13H19NO3/c1-8-9(2)17-14-12(8)10-4-6-11(7-5-10)13(15)16-3/h10-11H,4-7H2,1-3H3. The van der Waals surface area contributed by atoms with Gasteiger partial charge < -0.3 is 9.26 Å². The molecule has 4 nitrogen and oxygen atoms in total. The summed E-state index contributed by atoms with van der Waals surface area (Å²) in [6.45, 7) is 3.99. The van der Waals surface area contributed by atoms with Crippen LogP contribution in [0, 0.1) is 19.8 Å². The van der Waals surface area contributed by atoms with Gasteiger partial charge in [-0.2, -0.15) is 0 Å². The minimum absolute atomic E-state index is 0.0727. The second-order valence-electron chi connectivity index (χ2n) is 4.82. The molecule has 0 bridgehead atoms. The number of aromatic nitrogens is 1. The molecule has 0 radical (unpaired) electrons. The van der Waals surface area contributed by atoms with Crippen molar-refractivity contribution in [3.8, 4) is 0 Å². The summed E-state index contributed by atoms with van der Waals surface area (Å²) in [6, 6.07) is 0. The number of carbonyl (C=O) groups excluding carboxylic acids is 1. The molecule has 0 saturated heterocycles. The molecule has 2 rings (SSSR count). The van der Waals surface area contributed by atoms with Crippen LogP contribution < -0.4 is 0 Å². The number of hydrogen-bond acceptors (Lipinski definition) is 4. The van der Waals surface area contributed by atoms with Crippen LogP contribution in [0.5, 0.6) is 0 Å². The molecule has 17 heavy (non-hydrogen) atoms. The summed E-state index contributed by atoms with van der Waals surface area (Å²) in [7, 11) is 1.46. The van der Waals surface area contributed by atoms with Gasteiger partial charge in [0.2, 0.25) is 0 Å². The molecular formula is C13H19NO3. The molecule has 0 N–H and O–H groups in total. The summed E-state index contributed by atoms with van der Waals surface area (Å²) in [4.78, 5) is 11.4. The van der Waals surface area contributed by atoms with Gasteiger partial charge in [0.25, 0.3) is 0 Å². The first-order chi connectivity index (χ1) is 8.13. The van der Waals surface area contributed by atoms with Crippen LogP contribution in [-0.4, -0.2) is 18.2 Å². The molecule has 1 aliphatic carbocycles. The molecule has 1 aliphatic rings. The third kappa shape index (κ3) is 2.35. The summed E-state index contributed by atoms with van der Waals surface area (Å²) < 4.78 is 9.99. The van der Waals surface area contributed by atoms with Gasteiger partial charge >= 0.3 is 5.97 Å². The molecule has 94 valence electrons. The fraction of sp³-hybridized carbons (Fsp3) is 0.692. The van der Waals surface area contributed by atoms with E-state index in [0.717, 1.165) is 42.7 Å². The molecule has 0 unspecified atom stereocenters. The predicted molar refractivity (Wildman–Crippen MR) is 62.7 cm³/mol. The Morgan fingerprint density at radius 2 is 1.94 bits per heavy atom. The van der Waals surface area contributed by atoms with E-state index >= 15 is 0 Å². The van der Waals surface area contributed by atoms with E-state index in [4.69, 9.17) is 9.26 Å². The zero-order valence-corrected chi connectivity index (χ0v) is 10.7. The van der Waals surface area contributed by atoms with Crippen LogP contribution in [0.1, 0.15) is 48.6 Å². The SMILES string of the molecule is COC(=O)C1CCC(c2noc(C)c2C)CC1. The Morgan fingerprint density at radius 3 is 2.41 bits per heavy atom. The maximum Gasteiger partial charge on any atom is 0.308 e. The fourth-order valence-electron chi connectivity index (χ4n) is 2.58.